The van der Waals surface area contributed by atoms with Gasteiger partial charge in [-0.2, -0.15) is 0 Å². The lowest BCUT2D eigenvalue weighted by atomic mass is 10.1. The summed E-state index contributed by atoms with van der Waals surface area (Å²) in [5.41, 5.74) is 1.32. The van der Waals surface area contributed by atoms with Gasteiger partial charge in [0.15, 0.2) is 0 Å². The van der Waals surface area contributed by atoms with E-state index in [1.807, 2.05) is 25.1 Å². The molecule has 1 aromatic heterocycles. The maximum atomic E-state index is 12.2. The molecule has 1 aliphatic rings. The molecule has 0 bridgehead atoms. The zero-order chi connectivity index (χ0) is 18.0. The number of carbonyl (C=O) groups excluding carboxylic acids is 3. The van der Waals surface area contributed by atoms with E-state index < -0.39 is 0 Å². The normalized spacial score (nSPS) is 14.4. The lowest BCUT2D eigenvalue weighted by Crippen LogP contribution is -2.39. The van der Waals surface area contributed by atoms with Gasteiger partial charge < -0.3 is 5.32 Å². The first-order chi connectivity index (χ1) is 12.0. The van der Waals surface area contributed by atoms with E-state index in [0.29, 0.717) is 5.52 Å². The fraction of sp³-hybridized carbons (Fsp3) is 0.294. The Morgan fingerprint density at radius 1 is 1.24 bits per heavy atom. The lowest BCUT2D eigenvalue weighted by Gasteiger charge is -2.14. The number of carbonyl (C=O) groups is 3. The zero-order valence-corrected chi connectivity index (χ0v) is 14.5. The van der Waals surface area contributed by atoms with Crippen molar-refractivity contribution in [1.29, 1.82) is 0 Å². The van der Waals surface area contributed by atoms with Crippen molar-refractivity contribution in [1.82, 2.24) is 14.8 Å². The topological polar surface area (TPSA) is 88.5 Å². The number of imide groups is 1. The Labute approximate surface area is 148 Å². The molecule has 1 aromatic carbocycles. The molecule has 0 spiro atoms. The average molecular weight is 359 g/mol. The number of fused-ring (bicyclic) bond motifs is 1. The van der Waals surface area contributed by atoms with E-state index in [2.05, 4.69) is 5.32 Å². The molecule has 1 aliphatic heterocycles. The number of pyridine rings is 1. The van der Waals surface area contributed by atoms with Crippen LogP contribution in [-0.4, -0.2) is 45.4 Å². The molecular weight excluding hydrogens is 342 g/mol. The highest BCUT2D eigenvalue weighted by Crippen LogP contribution is 2.18. The van der Waals surface area contributed by atoms with Gasteiger partial charge in [-0.05, 0) is 18.6 Å². The summed E-state index contributed by atoms with van der Waals surface area (Å²) in [6.45, 7) is 2.04. The number of thioether (sulfide) groups is 1. The molecule has 2 heterocycles. The molecule has 0 atom stereocenters. The molecule has 3 amide bonds. The van der Waals surface area contributed by atoms with Gasteiger partial charge >= 0.3 is 0 Å². The van der Waals surface area contributed by atoms with E-state index >= 15 is 0 Å². The third-order valence-corrected chi connectivity index (χ3v) is 4.88. The van der Waals surface area contributed by atoms with Gasteiger partial charge in [-0.1, -0.05) is 30.0 Å². The molecule has 130 valence electrons. The van der Waals surface area contributed by atoms with Gasteiger partial charge in [0.05, 0.1) is 11.3 Å². The van der Waals surface area contributed by atoms with Crippen LogP contribution >= 0.6 is 11.8 Å². The van der Waals surface area contributed by atoms with Crippen molar-refractivity contribution in [2.75, 3.05) is 18.8 Å². The minimum absolute atomic E-state index is 0.115. The van der Waals surface area contributed by atoms with Crippen LogP contribution in [0.25, 0.3) is 10.9 Å². The zero-order valence-electron chi connectivity index (χ0n) is 13.7. The van der Waals surface area contributed by atoms with Crippen molar-refractivity contribution in [2.45, 2.75) is 13.5 Å². The predicted octanol–water partition coefficient (Wildman–Crippen LogP) is 1.12. The molecule has 8 heteroatoms. The largest absolute Gasteiger partial charge is 0.353 e. The van der Waals surface area contributed by atoms with E-state index in [1.165, 1.54) is 10.6 Å². The highest BCUT2D eigenvalue weighted by Gasteiger charge is 2.29. The van der Waals surface area contributed by atoms with Crippen LogP contribution in [-0.2, 0) is 16.1 Å². The van der Waals surface area contributed by atoms with Crippen LogP contribution in [0.2, 0.25) is 0 Å². The number of amides is 3. The van der Waals surface area contributed by atoms with Crippen molar-refractivity contribution in [2.24, 2.45) is 0 Å². The van der Waals surface area contributed by atoms with E-state index in [0.717, 1.165) is 27.6 Å². The second-order valence-corrected chi connectivity index (χ2v) is 6.65. The fourth-order valence-corrected chi connectivity index (χ4v) is 3.52. The van der Waals surface area contributed by atoms with Gasteiger partial charge in [0, 0.05) is 24.5 Å². The van der Waals surface area contributed by atoms with Crippen LogP contribution in [0.4, 0.5) is 4.79 Å². The standard InChI is InChI=1S/C17H17N3O4S/c1-11-8-15(22)20(13-5-3-2-4-12(11)13)9-14(21)18-6-7-19-16(23)10-25-17(19)24/h2-5,8H,6-7,9-10H2,1H3,(H,18,21). The number of aromatic nitrogens is 1. The van der Waals surface area contributed by atoms with Gasteiger partial charge in [-0.15, -0.1) is 0 Å². The summed E-state index contributed by atoms with van der Waals surface area (Å²) < 4.78 is 1.42. The molecule has 1 N–H and O–H groups in total. The molecule has 0 saturated carbocycles. The summed E-state index contributed by atoms with van der Waals surface area (Å²) in [5, 5.41) is 3.28. The van der Waals surface area contributed by atoms with Crippen molar-refractivity contribution in [3.8, 4) is 0 Å². The molecule has 1 fully saturated rings. The number of benzene rings is 1. The highest BCUT2D eigenvalue weighted by atomic mass is 32.2. The number of para-hydroxylation sites is 1. The minimum Gasteiger partial charge on any atom is -0.353 e. The smallest absolute Gasteiger partial charge is 0.288 e. The second-order valence-electron chi connectivity index (χ2n) is 5.72. The first-order valence-corrected chi connectivity index (χ1v) is 8.79. The molecule has 3 rings (SSSR count). The molecule has 2 aromatic rings. The van der Waals surface area contributed by atoms with E-state index in [1.54, 1.807) is 6.07 Å². The third kappa shape index (κ3) is 3.58. The van der Waals surface area contributed by atoms with E-state index in [9.17, 15) is 19.2 Å². The van der Waals surface area contributed by atoms with Crippen molar-refractivity contribution in [3.63, 3.8) is 0 Å². The lowest BCUT2D eigenvalue weighted by molar-refractivity contribution is -0.125. The quantitative estimate of drug-likeness (QED) is 0.864. The van der Waals surface area contributed by atoms with Crippen LogP contribution in [0.5, 0.6) is 0 Å². The van der Waals surface area contributed by atoms with Gasteiger partial charge in [0.25, 0.3) is 10.8 Å². The summed E-state index contributed by atoms with van der Waals surface area (Å²) in [4.78, 5) is 48.5. The van der Waals surface area contributed by atoms with Crippen molar-refractivity contribution in [3.05, 3.63) is 46.2 Å². The van der Waals surface area contributed by atoms with Gasteiger partial charge in [0.1, 0.15) is 6.54 Å². The van der Waals surface area contributed by atoms with Gasteiger partial charge in [-0.25, -0.2) is 0 Å². The number of aryl methyl sites for hydroxylation is 1. The molecule has 0 radical (unpaired) electrons. The van der Waals surface area contributed by atoms with Crippen LogP contribution in [0, 0.1) is 6.92 Å². The molecular formula is C17H17N3O4S. The van der Waals surface area contributed by atoms with Crippen molar-refractivity contribution >= 4 is 39.7 Å². The molecule has 7 nitrogen and oxygen atoms in total. The number of nitrogens with one attached hydrogen (secondary N) is 1. The number of rotatable bonds is 5. The summed E-state index contributed by atoms with van der Waals surface area (Å²) in [5.74, 6) is -0.440. The Bertz CT molecular complexity index is 906. The summed E-state index contributed by atoms with van der Waals surface area (Å²) in [7, 11) is 0. The summed E-state index contributed by atoms with van der Waals surface area (Å²) in [6, 6.07) is 8.91. The maximum Gasteiger partial charge on any atom is 0.288 e. The maximum absolute atomic E-state index is 12.2. The number of nitrogens with zero attached hydrogens (tertiary/aromatic N) is 2. The molecule has 0 unspecified atom stereocenters. The molecule has 25 heavy (non-hydrogen) atoms. The monoisotopic (exact) mass is 359 g/mol. The Kier molecular flexibility index (Phi) is 4.89. The van der Waals surface area contributed by atoms with E-state index in [-0.39, 0.29) is 48.0 Å². The summed E-state index contributed by atoms with van der Waals surface area (Å²) in [6.07, 6.45) is 0. The van der Waals surface area contributed by atoms with Gasteiger partial charge in [0.2, 0.25) is 11.8 Å². The SMILES string of the molecule is Cc1cc(=O)n(CC(=O)NCCN2C(=O)CSC2=O)c2ccccc12. The predicted molar refractivity (Wildman–Crippen MR) is 95.5 cm³/mol. The van der Waals surface area contributed by atoms with Crippen LogP contribution in [0.15, 0.2) is 35.1 Å². The number of hydrogen-bond donors (Lipinski definition) is 1. The van der Waals surface area contributed by atoms with Crippen molar-refractivity contribution < 1.29 is 14.4 Å². The van der Waals surface area contributed by atoms with Crippen LogP contribution in [0.3, 0.4) is 0 Å². The second kappa shape index (κ2) is 7.10. The Morgan fingerprint density at radius 3 is 2.72 bits per heavy atom. The minimum atomic E-state index is -0.345. The average Bonchev–Trinajstić information content (AvgIpc) is 2.90. The highest BCUT2D eigenvalue weighted by molar-refractivity contribution is 8.14. The fourth-order valence-electron chi connectivity index (χ4n) is 2.77. The Morgan fingerprint density at radius 2 is 2.00 bits per heavy atom. The first kappa shape index (κ1) is 17.2. The number of hydrogen-bond acceptors (Lipinski definition) is 5. The first-order valence-electron chi connectivity index (χ1n) is 7.80. The Hall–Kier alpha value is -2.61. The van der Waals surface area contributed by atoms with E-state index in [4.69, 9.17) is 0 Å². The molecule has 1 saturated heterocycles. The summed E-state index contributed by atoms with van der Waals surface area (Å²) >= 11 is 0.959. The van der Waals surface area contributed by atoms with Crippen LogP contribution < -0.4 is 10.9 Å². The van der Waals surface area contributed by atoms with Gasteiger partial charge in [-0.3, -0.25) is 28.6 Å². The molecule has 0 aliphatic carbocycles. The van der Waals surface area contributed by atoms with Crippen LogP contribution in [0.1, 0.15) is 5.56 Å². The third-order valence-electron chi connectivity index (χ3n) is 4.03. The Balaban J connectivity index is 1.67.